The fourth-order valence-corrected chi connectivity index (χ4v) is 3.45. The Bertz CT molecular complexity index is 1030. The predicted octanol–water partition coefficient (Wildman–Crippen LogP) is 4.48. The molecule has 0 aliphatic rings. The van der Waals surface area contributed by atoms with E-state index in [4.69, 9.17) is 4.74 Å². The maximum absolute atomic E-state index is 12.7. The monoisotopic (exact) mass is 421 g/mol. The summed E-state index contributed by atoms with van der Waals surface area (Å²) in [7, 11) is 0. The van der Waals surface area contributed by atoms with Crippen LogP contribution in [0.15, 0.2) is 71.9 Å². The molecule has 0 aliphatic heterocycles. The molecule has 2 aromatic carbocycles. The zero-order valence-corrected chi connectivity index (χ0v) is 17.7. The first-order chi connectivity index (χ1) is 14.6. The van der Waals surface area contributed by atoms with Gasteiger partial charge in [0.2, 0.25) is 5.91 Å². The lowest BCUT2D eigenvalue weighted by Gasteiger charge is -2.11. The van der Waals surface area contributed by atoms with Crippen LogP contribution in [0.3, 0.4) is 0 Å². The number of nitrogens with one attached hydrogen (secondary N) is 1. The van der Waals surface area contributed by atoms with Crippen molar-refractivity contribution in [3.8, 4) is 0 Å². The highest BCUT2D eigenvalue weighted by molar-refractivity contribution is 7.98. The molecule has 0 saturated heterocycles. The van der Waals surface area contributed by atoms with E-state index in [-0.39, 0.29) is 24.0 Å². The normalized spacial score (nSPS) is 10.9. The Labute approximate surface area is 180 Å². The topological polar surface area (TPSA) is 73.2 Å². The van der Waals surface area contributed by atoms with Crippen LogP contribution in [0.4, 0.5) is 5.82 Å². The first kappa shape index (κ1) is 21.4. The molecule has 1 amide bonds. The third-order valence-corrected chi connectivity index (χ3v) is 4.91. The van der Waals surface area contributed by atoms with Gasteiger partial charge < -0.3 is 14.6 Å². The number of hydrogen-bond donors (Lipinski definition) is 1. The van der Waals surface area contributed by atoms with Gasteiger partial charge in [0.05, 0.1) is 13.2 Å². The Balaban J connectivity index is 1.91. The van der Waals surface area contributed by atoms with Crippen LogP contribution < -0.4 is 5.32 Å². The lowest BCUT2D eigenvalue weighted by Crippen LogP contribution is -2.17. The molecule has 30 heavy (non-hydrogen) atoms. The number of imidazole rings is 1. The van der Waals surface area contributed by atoms with Gasteiger partial charge in [0.1, 0.15) is 0 Å². The van der Waals surface area contributed by atoms with E-state index in [1.165, 1.54) is 17.8 Å². The van der Waals surface area contributed by atoms with E-state index < -0.39 is 5.97 Å². The number of esters is 1. The molecule has 7 heteroatoms. The van der Waals surface area contributed by atoms with Crippen molar-refractivity contribution in [3.05, 3.63) is 83.6 Å². The van der Waals surface area contributed by atoms with Crippen molar-refractivity contribution in [2.24, 2.45) is 0 Å². The summed E-state index contributed by atoms with van der Waals surface area (Å²) in [5.74, 6) is -0.707. The van der Waals surface area contributed by atoms with Crippen LogP contribution in [-0.2, 0) is 16.1 Å². The van der Waals surface area contributed by atoms with Gasteiger partial charge in [-0.2, -0.15) is 0 Å². The van der Waals surface area contributed by atoms with Crippen molar-refractivity contribution in [1.29, 1.82) is 0 Å². The number of benzene rings is 2. The summed E-state index contributed by atoms with van der Waals surface area (Å²) in [6.07, 6.45) is 4.99. The van der Waals surface area contributed by atoms with Crippen LogP contribution in [0.2, 0.25) is 0 Å². The van der Waals surface area contributed by atoms with E-state index >= 15 is 0 Å². The zero-order valence-electron chi connectivity index (χ0n) is 16.9. The molecule has 0 atom stereocenters. The van der Waals surface area contributed by atoms with Crippen molar-refractivity contribution in [2.75, 3.05) is 18.2 Å². The molecule has 0 radical (unpaired) electrons. The highest BCUT2D eigenvalue weighted by Crippen LogP contribution is 2.26. The maximum atomic E-state index is 12.7. The van der Waals surface area contributed by atoms with Crippen molar-refractivity contribution in [3.63, 3.8) is 0 Å². The minimum absolute atomic E-state index is 0.191. The molecule has 3 aromatic rings. The van der Waals surface area contributed by atoms with E-state index in [2.05, 4.69) is 10.3 Å². The molecular weight excluding hydrogens is 398 g/mol. The van der Waals surface area contributed by atoms with Crippen molar-refractivity contribution in [1.82, 2.24) is 9.55 Å². The lowest BCUT2D eigenvalue weighted by atomic mass is 10.2. The number of amides is 1. The maximum Gasteiger partial charge on any atom is 0.358 e. The van der Waals surface area contributed by atoms with E-state index in [0.29, 0.717) is 11.7 Å². The second kappa shape index (κ2) is 10.5. The van der Waals surface area contributed by atoms with Gasteiger partial charge >= 0.3 is 5.97 Å². The number of ether oxygens (including phenoxy) is 1. The predicted molar refractivity (Wildman–Crippen MR) is 120 cm³/mol. The number of anilines is 1. The smallest absolute Gasteiger partial charge is 0.358 e. The zero-order chi connectivity index (χ0) is 21.3. The van der Waals surface area contributed by atoms with Gasteiger partial charge in [-0.05, 0) is 30.4 Å². The summed E-state index contributed by atoms with van der Waals surface area (Å²) in [4.78, 5) is 29.7. The first-order valence-corrected chi connectivity index (χ1v) is 10.7. The van der Waals surface area contributed by atoms with Gasteiger partial charge in [-0.1, -0.05) is 72.4 Å². The van der Waals surface area contributed by atoms with Gasteiger partial charge in [-0.3, -0.25) is 4.79 Å². The number of rotatable bonds is 8. The van der Waals surface area contributed by atoms with E-state index in [9.17, 15) is 9.59 Å². The fourth-order valence-electron chi connectivity index (χ4n) is 2.89. The molecule has 1 aromatic heterocycles. The molecule has 3 rings (SSSR count). The molecule has 154 valence electrons. The van der Waals surface area contributed by atoms with E-state index in [1.54, 1.807) is 17.6 Å². The van der Waals surface area contributed by atoms with Gasteiger partial charge in [-0.25, -0.2) is 9.78 Å². The molecule has 6 nitrogen and oxygen atoms in total. The Morgan fingerprint density at radius 1 is 1.10 bits per heavy atom. The number of carbonyl (C=O) groups excluding carboxylic acids is 2. The quantitative estimate of drug-likeness (QED) is 0.330. The van der Waals surface area contributed by atoms with Crippen LogP contribution in [0.25, 0.3) is 6.08 Å². The molecule has 0 saturated carbocycles. The Kier molecular flexibility index (Phi) is 7.45. The average Bonchev–Trinajstić information content (AvgIpc) is 3.10. The number of thioether (sulfide) groups is 1. The fraction of sp³-hybridized carbons (Fsp3) is 0.174. The Morgan fingerprint density at radius 2 is 1.77 bits per heavy atom. The van der Waals surface area contributed by atoms with Gasteiger partial charge in [0.15, 0.2) is 16.7 Å². The van der Waals surface area contributed by atoms with Crippen LogP contribution in [0.1, 0.15) is 28.5 Å². The van der Waals surface area contributed by atoms with Gasteiger partial charge in [-0.15, -0.1) is 0 Å². The summed E-state index contributed by atoms with van der Waals surface area (Å²) >= 11 is 1.40. The molecule has 0 unspecified atom stereocenters. The molecular formula is C23H23N3O3S. The number of nitrogens with zero attached hydrogens (tertiary/aromatic N) is 2. The lowest BCUT2D eigenvalue weighted by molar-refractivity contribution is -0.111. The number of hydrogen-bond acceptors (Lipinski definition) is 5. The van der Waals surface area contributed by atoms with Gasteiger partial charge in [0, 0.05) is 6.08 Å². The highest BCUT2D eigenvalue weighted by atomic mass is 32.2. The number of carbonyl (C=O) groups is 2. The largest absolute Gasteiger partial charge is 0.461 e. The summed E-state index contributed by atoms with van der Waals surface area (Å²) in [5, 5.41) is 3.34. The van der Waals surface area contributed by atoms with E-state index in [0.717, 1.165) is 11.1 Å². The Morgan fingerprint density at radius 3 is 2.40 bits per heavy atom. The van der Waals surface area contributed by atoms with Crippen molar-refractivity contribution < 1.29 is 14.3 Å². The number of aromatic nitrogens is 2. The van der Waals surface area contributed by atoms with E-state index in [1.807, 2.05) is 66.9 Å². The van der Waals surface area contributed by atoms with Crippen molar-refractivity contribution in [2.45, 2.75) is 18.6 Å². The molecule has 0 spiro atoms. The molecule has 0 aliphatic carbocycles. The van der Waals surface area contributed by atoms with Crippen LogP contribution in [-0.4, -0.2) is 34.3 Å². The minimum atomic E-state index is -0.524. The third kappa shape index (κ3) is 5.39. The van der Waals surface area contributed by atoms with Crippen LogP contribution in [0.5, 0.6) is 0 Å². The molecule has 0 fully saturated rings. The summed E-state index contributed by atoms with van der Waals surface area (Å²) in [6, 6.07) is 19.2. The SMILES string of the molecule is CCOC(=O)c1c(NC(=O)/C=C/c2ccccc2)nc(SC)n1Cc1ccccc1. The van der Waals surface area contributed by atoms with Gasteiger partial charge in [0.25, 0.3) is 0 Å². The molecule has 1 heterocycles. The Hall–Kier alpha value is -3.32. The minimum Gasteiger partial charge on any atom is -0.461 e. The molecule has 0 bridgehead atoms. The second-order valence-electron chi connectivity index (χ2n) is 6.32. The van der Waals surface area contributed by atoms with Crippen LogP contribution >= 0.6 is 11.8 Å². The third-order valence-electron chi connectivity index (χ3n) is 4.24. The average molecular weight is 422 g/mol. The highest BCUT2D eigenvalue weighted by Gasteiger charge is 2.25. The molecule has 1 N–H and O–H groups in total. The van der Waals surface area contributed by atoms with Crippen molar-refractivity contribution >= 4 is 35.5 Å². The summed E-state index contributed by atoms with van der Waals surface area (Å²) in [5.41, 5.74) is 2.14. The summed E-state index contributed by atoms with van der Waals surface area (Å²) < 4.78 is 7.01. The summed E-state index contributed by atoms with van der Waals surface area (Å²) in [6.45, 7) is 2.41. The standard InChI is InChI=1S/C23H23N3O3S/c1-3-29-22(28)20-21(24-19(27)15-14-17-10-6-4-7-11-17)25-23(30-2)26(20)16-18-12-8-5-9-13-18/h4-15H,3,16H2,1-2H3,(H,24,27)/b15-14+. The second-order valence-corrected chi connectivity index (χ2v) is 7.09. The van der Waals surface area contributed by atoms with Crippen LogP contribution in [0, 0.1) is 0 Å². The first-order valence-electron chi connectivity index (χ1n) is 9.52.